The molecule has 1 spiro atoms. The van der Waals surface area contributed by atoms with Crippen molar-refractivity contribution in [2.45, 2.75) is 62.1 Å². The van der Waals surface area contributed by atoms with E-state index in [0.717, 1.165) is 16.8 Å². The number of aliphatic hydroxyl groups excluding tert-OH is 1. The summed E-state index contributed by atoms with van der Waals surface area (Å²) < 4.78 is 6.35. The molecule has 0 aromatic heterocycles. The van der Waals surface area contributed by atoms with E-state index in [4.69, 9.17) is 9.84 Å². The molecular formula is C26H33BrN2O6. The molecule has 3 unspecified atom stereocenters. The predicted octanol–water partition coefficient (Wildman–Crippen LogP) is 2.82. The Morgan fingerprint density at radius 2 is 1.97 bits per heavy atom. The van der Waals surface area contributed by atoms with E-state index < -0.39 is 35.6 Å². The summed E-state index contributed by atoms with van der Waals surface area (Å²) in [6.45, 7) is 8.32. The zero-order valence-electron chi connectivity index (χ0n) is 20.2. The van der Waals surface area contributed by atoms with Crippen LogP contribution < -0.4 is 4.90 Å². The van der Waals surface area contributed by atoms with E-state index in [1.54, 1.807) is 15.9 Å². The van der Waals surface area contributed by atoms with Crippen molar-refractivity contribution in [3.05, 3.63) is 42.0 Å². The van der Waals surface area contributed by atoms with Crippen LogP contribution in [0.25, 0.3) is 0 Å². The number of aliphatic carboxylic acids is 1. The smallest absolute Gasteiger partial charge is 0.310 e. The number of nitrogens with zero attached hydrogens (tertiary/aromatic N) is 2. The van der Waals surface area contributed by atoms with Gasteiger partial charge in [0.25, 0.3) is 5.91 Å². The van der Waals surface area contributed by atoms with Crippen LogP contribution in [0.2, 0.25) is 0 Å². The molecule has 8 nitrogen and oxygen atoms in total. The monoisotopic (exact) mass is 548 g/mol. The number of benzene rings is 1. The van der Waals surface area contributed by atoms with Gasteiger partial charge in [0.05, 0.1) is 17.9 Å². The van der Waals surface area contributed by atoms with Crippen molar-refractivity contribution in [2.75, 3.05) is 24.6 Å². The van der Waals surface area contributed by atoms with Gasteiger partial charge in [-0.1, -0.05) is 40.2 Å². The first-order valence-corrected chi connectivity index (χ1v) is 13.1. The van der Waals surface area contributed by atoms with Crippen molar-refractivity contribution in [2.24, 2.45) is 11.8 Å². The molecule has 3 heterocycles. The number of hydrogen-bond acceptors (Lipinski definition) is 5. The van der Waals surface area contributed by atoms with Crippen LogP contribution in [0.1, 0.15) is 36.8 Å². The molecule has 0 saturated carbocycles. The third-order valence-electron chi connectivity index (χ3n) is 7.65. The molecule has 2 amide bonds. The topological polar surface area (TPSA) is 107 Å². The van der Waals surface area contributed by atoms with E-state index in [9.17, 15) is 19.5 Å². The van der Waals surface area contributed by atoms with E-state index in [1.807, 2.05) is 32.0 Å². The molecule has 2 N–H and O–H groups in total. The SMILES string of the molecule is C=CCN(C(=O)C1N(CCCCCO)C(=O)[C@@H]2[C@H](C(=O)O)[C@H]3OC12CC3Br)c1c(C)cccc1C. The second-order valence-corrected chi connectivity index (χ2v) is 11.0. The van der Waals surface area contributed by atoms with E-state index in [1.165, 1.54) is 0 Å². The summed E-state index contributed by atoms with van der Waals surface area (Å²) in [5.74, 6) is -3.61. The highest BCUT2D eigenvalue weighted by atomic mass is 79.9. The number of unbranched alkanes of at least 4 members (excludes halogenated alkanes) is 2. The van der Waals surface area contributed by atoms with Crippen molar-refractivity contribution in [1.82, 2.24) is 4.90 Å². The molecule has 1 aromatic carbocycles. The Labute approximate surface area is 214 Å². The molecule has 0 radical (unpaired) electrons. The number of anilines is 1. The Morgan fingerprint density at radius 3 is 2.57 bits per heavy atom. The van der Waals surface area contributed by atoms with E-state index in [2.05, 4.69) is 22.5 Å². The summed E-state index contributed by atoms with van der Waals surface area (Å²) in [7, 11) is 0. The summed E-state index contributed by atoms with van der Waals surface area (Å²) in [5.41, 5.74) is 1.41. The minimum Gasteiger partial charge on any atom is -0.481 e. The number of carbonyl (C=O) groups is 3. The van der Waals surface area contributed by atoms with Gasteiger partial charge in [0.15, 0.2) is 0 Å². The molecule has 2 bridgehead atoms. The Balaban J connectivity index is 1.79. The maximum atomic E-state index is 14.4. The molecule has 0 aliphatic carbocycles. The predicted molar refractivity (Wildman–Crippen MR) is 134 cm³/mol. The van der Waals surface area contributed by atoms with Crippen LogP contribution in [0.3, 0.4) is 0 Å². The summed E-state index contributed by atoms with van der Waals surface area (Å²) in [4.78, 5) is 43.3. The average molecular weight is 549 g/mol. The maximum Gasteiger partial charge on any atom is 0.310 e. The highest BCUT2D eigenvalue weighted by molar-refractivity contribution is 9.09. The highest BCUT2D eigenvalue weighted by Crippen LogP contribution is 2.60. The molecule has 190 valence electrons. The number of aliphatic hydroxyl groups is 1. The largest absolute Gasteiger partial charge is 0.481 e. The Bertz CT molecular complexity index is 1010. The molecule has 3 saturated heterocycles. The fourth-order valence-corrected chi connectivity index (χ4v) is 7.24. The van der Waals surface area contributed by atoms with Gasteiger partial charge in [-0.25, -0.2) is 0 Å². The van der Waals surface area contributed by atoms with Gasteiger partial charge in [0.2, 0.25) is 5.91 Å². The lowest BCUT2D eigenvalue weighted by Crippen LogP contribution is -2.57. The number of rotatable bonds is 10. The van der Waals surface area contributed by atoms with Crippen LogP contribution in [-0.2, 0) is 19.1 Å². The molecule has 35 heavy (non-hydrogen) atoms. The minimum atomic E-state index is -1.21. The molecule has 9 heteroatoms. The van der Waals surface area contributed by atoms with Gasteiger partial charge in [-0.05, 0) is 50.7 Å². The summed E-state index contributed by atoms with van der Waals surface area (Å²) in [5, 5.41) is 19.2. The third-order valence-corrected chi connectivity index (χ3v) is 8.50. The molecule has 1 aromatic rings. The number of fused-ring (bicyclic) bond motifs is 1. The zero-order valence-corrected chi connectivity index (χ0v) is 21.7. The third kappa shape index (κ3) is 4.11. The van der Waals surface area contributed by atoms with Crippen LogP contribution in [-0.4, -0.2) is 75.2 Å². The van der Waals surface area contributed by atoms with Crippen LogP contribution in [0, 0.1) is 25.7 Å². The first-order chi connectivity index (χ1) is 16.7. The van der Waals surface area contributed by atoms with E-state index >= 15 is 0 Å². The molecule has 3 aliphatic rings. The highest BCUT2D eigenvalue weighted by Gasteiger charge is 2.76. The van der Waals surface area contributed by atoms with Gasteiger partial charge in [0.1, 0.15) is 11.6 Å². The van der Waals surface area contributed by atoms with Crippen LogP contribution >= 0.6 is 15.9 Å². The summed E-state index contributed by atoms with van der Waals surface area (Å²) in [6.07, 6.45) is 3.26. The van der Waals surface area contributed by atoms with Gasteiger partial charge >= 0.3 is 5.97 Å². The fourth-order valence-electron chi connectivity index (χ4n) is 6.30. The summed E-state index contributed by atoms with van der Waals surface area (Å²) in [6, 6.07) is 4.86. The molecular weight excluding hydrogens is 516 g/mol. The minimum absolute atomic E-state index is 0.0552. The number of para-hydroxylation sites is 1. The van der Waals surface area contributed by atoms with Gasteiger partial charge in [-0.3, -0.25) is 14.4 Å². The molecule has 3 fully saturated rings. The zero-order chi connectivity index (χ0) is 25.5. The number of carboxylic acids is 1. The lowest BCUT2D eigenvalue weighted by Gasteiger charge is -2.37. The lowest BCUT2D eigenvalue weighted by atomic mass is 9.70. The quantitative estimate of drug-likeness (QED) is 0.264. The van der Waals surface area contributed by atoms with Crippen molar-refractivity contribution in [3.63, 3.8) is 0 Å². The van der Waals surface area contributed by atoms with Gasteiger partial charge in [-0.15, -0.1) is 6.58 Å². The van der Waals surface area contributed by atoms with Gasteiger partial charge < -0.3 is 24.7 Å². The van der Waals surface area contributed by atoms with Crippen molar-refractivity contribution >= 4 is 39.4 Å². The standard InChI is InChI=1S/C26H33BrN2O6/c1-4-11-28(20-15(2)9-8-10-16(20)3)24(32)22-26-14-17(27)21(35-26)18(25(33)34)19(26)23(31)29(22)12-6-5-7-13-30/h4,8-10,17-19,21-22,30H,1,5-7,11-14H2,2-3H3,(H,33,34)/t17?,18-,19-,21-,22?,26?/m0/s1. The fraction of sp³-hybridized carbons (Fsp3) is 0.577. The van der Waals surface area contributed by atoms with E-state index in [-0.39, 0.29) is 29.8 Å². The van der Waals surface area contributed by atoms with Crippen molar-refractivity contribution in [1.29, 1.82) is 0 Å². The molecule has 6 atom stereocenters. The number of ether oxygens (including phenoxy) is 1. The Morgan fingerprint density at radius 1 is 1.29 bits per heavy atom. The molecule has 4 rings (SSSR count). The molecule has 3 aliphatic heterocycles. The number of aryl methyl sites for hydroxylation is 2. The van der Waals surface area contributed by atoms with Gasteiger partial charge in [0, 0.05) is 30.2 Å². The number of amides is 2. The number of alkyl halides is 1. The van der Waals surface area contributed by atoms with Crippen LogP contribution in [0.5, 0.6) is 0 Å². The van der Waals surface area contributed by atoms with Crippen LogP contribution in [0.15, 0.2) is 30.9 Å². The summed E-state index contributed by atoms with van der Waals surface area (Å²) >= 11 is 3.57. The average Bonchev–Trinajstić information content (AvgIpc) is 3.39. The van der Waals surface area contributed by atoms with Crippen molar-refractivity contribution in [3.8, 4) is 0 Å². The van der Waals surface area contributed by atoms with Gasteiger partial charge in [-0.2, -0.15) is 0 Å². The number of halogens is 1. The van der Waals surface area contributed by atoms with E-state index in [0.29, 0.717) is 32.2 Å². The first kappa shape index (κ1) is 25.9. The normalized spacial score (nSPS) is 31.0. The second kappa shape index (κ2) is 10.0. The number of hydrogen-bond donors (Lipinski definition) is 2. The van der Waals surface area contributed by atoms with Crippen molar-refractivity contribution < 1.29 is 29.3 Å². The number of carbonyl (C=O) groups excluding carboxylic acids is 2. The maximum absolute atomic E-state index is 14.4. The Kier molecular flexibility index (Phi) is 7.41. The number of likely N-dealkylation sites (tertiary alicyclic amines) is 1. The second-order valence-electron chi connectivity index (χ2n) is 9.80. The Hall–Kier alpha value is -2.23. The lowest BCUT2D eigenvalue weighted by molar-refractivity contribution is -0.149. The number of carboxylic acid groups (broad SMARTS) is 1. The van der Waals surface area contributed by atoms with Crippen LogP contribution in [0.4, 0.5) is 5.69 Å². The first-order valence-electron chi connectivity index (χ1n) is 12.1.